The van der Waals surface area contributed by atoms with Gasteiger partial charge in [0, 0.05) is 24.3 Å². The number of ether oxygens (including phenoxy) is 2. The number of hydrogen-bond acceptors (Lipinski definition) is 5. The van der Waals surface area contributed by atoms with Gasteiger partial charge in [-0.15, -0.1) is 0 Å². The minimum absolute atomic E-state index is 0.0222. The molecule has 1 heterocycles. The van der Waals surface area contributed by atoms with E-state index in [4.69, 9.17) is 9.47 Å². The van der Waals surface area contributed by atoms with Crippen LogP contribution in [0.2, 0.25) is 0 Å². The number of rotatable bonds is 5. The molecule has 0 aliphatic carbocycles. The Labute approximate surface area is 158 Å². The smallest absolute Gasteiger partial charge is 0.255 e. The van der Waals surface area contributed by atoms with Gasteiger partial charge in [-0.1, -0.05) is 17.7 Å². The number of carbonyl (C=O) groups excluding carboxylic acids is 1. The van der Waals surface area contributed by atoms with Crippen molar-refractivity contribution in [2.24, 2.45) is 0 Å². The zero-order valence-electron chi connectivity index (χ0n) is 15.3. The first-order valence-corrected chi connectivity index (χ1v) is 10.00. The van der Waals surface area contributed by atoms with Crippen LogP contribution in [0.3, 0.4) is 0 Å². The zero-order valence-corrected chi connectivity index (χ0v) is 16.1. The molecule has 1 aliphatic rings. The lowest BCUT2D eigenvalue weighted by Crippen LogP contribution is -2.40. The number of hydrogen-bond donors (Lipinski definition) is 1. The Morgan fingerprint density at radius 1 is 1.15 bits per heavy atom. The highest BCUT2D eigenvalue weighted by Crippen LogP contribution is 2.30. The minimum atomic E-state index is -3.76. The molecule has 0 bridgehead atoms. The Kier molecular flexibility index (Phi) is 5.79. The van der Waals surface area contributed by atoms with Crippen molar-refractivity contribution in [3.63, 3.8) is 0 Å². The number of nitrogens with zero attached hydrogens (tertiary/aromatic N) is 1. The first-order valence-electron chi connectivity index (χ1n) is 8.56. The normalized spacial score (nSPS) is 15.3. The Hall–Kier alpha value is -2.42. The van der Waals surface area contributed by atoms with Gasteiger partial charge in [0.15, 0.2) is 0 Å². The van der Waals surface area contributed by atoms with Gasteiger partial charge in [-0.2, -0.15) is 4.31 Å². The molecule has 0 atom stereocenters. The van der Waals surface area contributed by atoms with Crippen LogP contribution in [-0.2, 0) is 14.8 Å². The van der Waals surface area contributed by atoms with Crippen molar-refractivity contribution in [1.82, 2.24) is 4.31 Å². The monoisotopic (exact) mass is 390 g/mol. The number of amides is 1. The molecular weight excluding hydrogens is 368 g/mol. The number of carbonyl (C=O) groups is 1. The van der Waals surface area contributed by atoms with Gasteiger partial charge in [0.2, 0.25) is 10.0 Å². The lowest BCUT2D eigenvalue weighted by Gasteiger charge is -2.26. The Morgan fingerprint density at radius 3 is 2.56 bits per heavy atom. The Bertz CT molecular complexity index is 937. The van der Waals surface area contributed by atoms with E-state index in [1.54, 1.807) is 30.3 Å². The molecule has 3 rings (SSSR count). The first-order chi connectivity index (χ1) is 12.9. The van der Waals surface area contributed by atoms with Gasteiger partial charge >= 0.3 is 0 Å². The molecule has 1 amide bonds. The summed E-state index contributed by atoms with van der Waals surface area (Å²) in [5.74, 6) is -0.0753. The number of aryl methyl sites for hydroxylation is 1. The van der Waals surface area contributed by atoms with Gasteiger partial charge in [0.05, 0.1) is 20.3 Å². The molecule has 1 N–H and O–H groups in total. The number of nitrogens with one attached hydrogen (secondary N) is 1. The predicted molar refractivity (Wildman–Crippen MR) is 102 cm³/mol. The lowest BCUT2D eigenvalue weighted by molar-refractivity contribution is 0.0729. The molecule has 0 radical (unpaired) electrons. The van der Waals surface area contributed by atoms with Gasteiger partial charge < -0.3 is 14.8 Å². The molecule has 0 spiro atoms. The third-order valence-corrected chi connectivity index (χ3v) is 6.21. The fourth-order valence-electron chi connectivity index (χ4n) is 2.87. The van der Waals surface area contributed by atoms with Crippen molar-refractivity contribution in [3.05, 3.63) is 53.6 Å². The molecule has 27 heavy (non-hydrogen) atoms. The summed E-state index contributed by atoms with van der Waals surface area (Å²) in [6.07, 6.45) is 0. The van der Waals surface area contributed by atoms with Crippen molar-refractivity contribution in [3.8, 4) is 5.75 Å². The maximum atomic E-state index is 13.0. The highest BCUT2D eigenvalue weighted by atomic mass is 32.2. The van der Waals surface area contributed by atoms with E-state index >= 15 is 0 Å². The van der Waals surface area contributed by atoms with Crippen LogP contribution in [0.15, 0.2) is 47.4 Å². The summed E-state index contributed by atoms with van der Waals surface area (Å²) in [6.45, 7) is 3.17. The maximum Gasteiger partial charge on any atom is 0.255 e. The van der Waals surface area contributed by atoms with E-state index in [2.05, 4.69) is 5.32 Å². The summed E-state index contributed by atoms with van der Waals surface area (Å²) in [7, 11) is -2.34. The van der Waals surface area contributed by atoms with Crippen LogP contribution in [0.5, 0.6) is 5.75 Å². The summed E-state index contributed by atoms with van der Waals surface area (Å²) < 4.78 is 37.8. The standard InChI is InChI=1S/C19H22N2O5S/c1-14-4-3-5-15(12-14)19(22)20-16-6-7-17(25-2)18(13-16)27(23,24)21-8-10-26-11-9-21/h3-7,12-13H,8-11H2,1-2H3,(H,20,22). The molecule has 1 aliphatic heterocycles. The molecular formula is C19H22N2O5S. The van der Waals surface area contributed by atoms with Crippen molar-refractivity contribution >= 4 is 21.6 Å². The number of benzene rings is 2. The topological polar surface area (TPSA) is 84.9 Å². The van der Waals surface area contributed by atoms with E-state index in [1.165, 1.54) is 17.5 Å². The van der Waals surface area contributed by atoms with Crippen molar-refractivity contribution in [2.45, 2.75) is 11.8 Å². The van der Waals surface area contributed by atoms with Crippen LogP contribution >= 0.6 is 0 Å². The number of sulfonamides is 1. The van der Waals surface area contributed by atoms with Crippen molar-refractivity contribution in [2.75, 3.05) is 38.7 Å². The minimum Gasteiger partial charge on any atom is -0.495 e. The molecule has 2 aromatic carbocycles. The van der Waals surface area contributed by atoms with E-state index < -0.39 is 10.0 Å². The lowest BCUT2D eigenvalue weighted by atomic mass is 10.1. The molecule has 0 aromatic heterocycles. The molecule has 7 nitrogen and oxygen atoms in total. The van der Waals surface area contributed by atoms with Crippen molar-refractivity contribution in [1.29, 1.82) is 0 Å². The van der Waals surface area contributed by atoms with Crippen molar-refractivity contribution < 1.29 is 22.7 Å². The predicted octanol–water partition coefficient (Wildman–Crippen LogP) is 2.28. The van der Waals surface area contributed by atoms with E-state index in [0.29, 0.717) is 24.5 Å². The number of anilines is 1. The van der Waals surface area contributed by atoms with Crippen LogP contribution < -0.4 is 10.1 Å². The van der Waals surface area contributed by atoms with Crippen LogP contribution in [0.1, 0.15) is 15.9 Å². The fraction of sp³-hybridized carbons (Fsp3) is 0.316. The molecule has 8 heteroatoms. The third kappa shape index (κ3) is 4.29. The Morgan fingerprint density at radius 2 is 1.89 bits per heavy atom. The second-order valence-corrected chi connectivity index (χ2v) is 8.11. The van der Waals surface area contributed by atoms with E-state index in [-0.39, 0.29) is 29.6 Å². The van der Waals surface area contributed by atoms with Gasteiger partial charge in [0.1, 0.15) is 10.6 Å². The molecule has 144 valence electrons. The van der Waals surface area contributed by atoms with Gasteiger partial charge in [0.25, 0.3) is 5.91 Å². The molecule has 1 saturated heterocycles. The van der Waals surface area contributed by atoms with Crippen LogP contribution in [-0.4, -0.2) is 52.0 Å². The second-order valence-electron chi connectivity index (χ2n) is 6.21. The Balaban J connectivity index is 1.90. The molecule has 2 aromatic rings. The molecule has 1 fully saturated rings. The fourth-order valence-corrected chi connectivity index (χ4v) is 4.46. The van der Waals surface area contributed by atoms with Gasteiger partial charge in [-0.25, -0.2) is 8.42 Å². The first kappa shape index (κ1) is 19.3. The second kappa shape index (κ2) is 8.08. The summed E-state index contributed by atoms with van der Waals surface area (Å²) in [6, 6.07) is 11.8. The average molecular weight is 390 g/mol. The zero-order chi connectivity index (χ0) is 19.4. The van der Waals surface area contributed by atoms with Gasteiger partial charge in [-0.05, 0) is 37.3 Å². The quantitative estimate of drug-likeness (QED) is 0.847. The number of morpholine rings is 1. The molecule has 0 saturated carbocycles. The summed E-state index contributed by atoms with van der Waals surface area (Å²) in [4.78, 5) is 12.5. The number of methoxy groups -OCH3 is 1. The van der Waals surface area contributed by atoms with E-state index in [9.17, 15) is 13.2 Å². The highest BCUT2D eigenvalue weighted by molar-refractivity contribution is 7.89. The SMILES string of the molecule is COc1ccc(NC(=O)c2cccc(C)c2)cc1S(=O)(=O)N1CCOCC1. The highest BCUT2D eigenvalue weighted by Gasteiger charge is 2.29. The van der Waals surface area contributed by atoms with Crippen LogP contribution in [0, 0.1) is 6.92 Å². The maximum absolute atomic E-state index is 13.0. The summed E-state index contributed by atoms with van der Waals surface area (Å²) in [5.41, 5.74) is 1.85. The van der Waals surface area contributed by atoms with Crippen LogP contribution in [0.4, 0.5) is 5.69 Å². The van der Waals surface area contributed by atoms with Crippen LogP contribution in [0.25, 0.3) is 0 Å². The molecule has 0 unspecified atom stereocenters. The summed E-state index contributed by atoms with van der Waals surface area (Å²) in [5, 5.41) is 2.75. The largest absolute Gasteiger partial charge is 0.495 e. The van der Waals surface area contributed by atoms with Gasteiger partial charge in [-0.3, -0.25) is 4.79 Å². The third-order valence-electron chi connectivity index (χ3n) is 4.29. The van der Waals surface area contributed by atoms with E-state index in [1.807, 2.05) is 13.0 Å². The average Bonchev–Trinajstić information content (AvgIpc) is 2.68. The van der Waals surface area contributed by atoms with E-state index in [0.717, 1.165) is 5.56 Å². The summed E-state index contributed by atoms with van der Waals surface area (Å²) >= 11 is 0.